The minimum absolute atomic E-state index is 0.186. The molecular formula is C18H19NO11S2. The number of hydrogen-bond acceptors (Lipinski definition) is 12. The van der Waals surface area contributed by atoms with Crippen molar-refractivity contribution in [1.82, 2.24) is 4.98 Å². The molecule has 0 aliphatic carbocycles. The van der Waals surface area contributed by atoms with Crippen molar-refractivity contribution < 1.29 is 51.0 Å². The second kappa shape index (κ2) is 9.36. The average molecular weight is 489 g/mol. The number of nitrogens with zero attached hydrogens (tertiary/aromatic N) is 1. The van der Waals surface area contributed by atoms with Crippen molar-refractivity contribution in [1.29, 1.82) is 0 Å². The van der Waals surface area contributed by atoms with E-state index in [2.05, 4.69) is 4.98 Å². The third-order valence-electron chi connectivity index (χ3n) is 4.21. The largest absolute Gasteiger partial charge is 0.461 e. The molecule has 1 aromatic heterocycles. The number of rotatable bonds is 6. The summed E-state index contributed by atoms with van der Waals surface area (Å²) in [4.78, 5) is 39.2. The maximum absolute atomic E-state index is 12.0. The Morgan fingerprint density at radius 1 is 1.00 bits per heavy atom. The molecule has 1 unspecified atom stereocenters. The Balaban J connectivity index is 2.04. The van der Waals surface area contributed by atoms with Gasteiger partial charge in [-0.2, -0.15) is 8.42 Å². The number of aromatic nitrogens is 1. The van der Waals surface area contributed by atoms with E-state index < -0.39 is 58.1 Å². The third-order valence-corrected chi connectivity index (χ3v) is 5.97. The number of fused-ring (bicyclic) bond motifs is 1. The second-order valence-electron chi connectivity index (χ2n) is 6.71. The first kappa shape index (κ1) is 23.8. The quantitative estimate of drug-likeness (QED) is 0.349. The highest BCUT2D eigenvalue weighted by molar-refractivity contribution is 7.86. The van der Waals surface area contributed by atoms with Crippen molar-refractivity contribution in [2.24, 2.45) is 0 Å². The normalized spacial score (nSPS) is 25.7. The van der Waals surface area contributed by atoms with Gasteiger partial charge in [-0.1, -0.05) is 0 Å². The molecule has 1 aromatic carbocycles. The molecule has 174 valence electrons. The second-order valence-corrected chi connectivity index (χ2v) is 9.09. The molecule has 2 heterocycles. The highest BCUT2D eigenvalue weighted by atomic mass is 32.2. The lowest BCUT2D eigenvalue weighted by molar-refractivity contribution is -0.269. The van der Waals surface area contributed by atoms with Crippen molar-refractivity contribution >= 4 is 49.6 Å². The lowest BCUT2D eigenvalue weighted by Crippen LogP contribution is -2.64. The van der Waals surface area contributed by atoms with Gasteiger partial charge >= 0.3 is 17.9 Å². The Labute approximate surface area is 186 Å². The highest BCUT2D eigenvalue weighted by Gasteiger charge is 2.57. The van der Waals surface area contributed by atoms with Crippen LogP contribution in [0.4, 0.5) is 0 Å². The summed E-state index contributed by atoms with van der Waals surface area (Å²) < 4.78 is 60.8. The number of ether oxygens (including phenoxy) is 5. The fourth-order valence-corrected chi connectivity index (χ4v) is 4.62. The van der Waals surface area contributed by atoms with Crippen LogP contribution in [-0.2, 0) is 43.4 Å². The molecule has 1 N–H and O–H groups in total. The Bertz CT molecular complexity index is 1130. The third kappa shape index (κ3) is 5.51. The van der Waals surface area contributed by atoms with Gasteiger partial charge in [0.15, 0.2) is 12.2 Å². The van der Waals surface area contributed by atoms with E-state index in [1.165, 1.54) is 17.4 Å². The molecular weight excluding hydrogens is 470 g/mol. The van der Waals surface area contributed by atoms with Crippen LogP contribution in [0, 0.1) is 0 Å². The van der Waals surface area contributed by atoms with Gasteiger partial charge in [-0.25, -0.2) is 4.98 Å². The first-order valence-corrected chi connectivity index (χ1v) is 11.5. The number of esters is 3. The maximum Gasteiger partial charge on any atom is 0.303 e. The summed E-state index contributed by atoms with van der Waals surface area (Å²) in [6, 6.07) is 4.73. The number of benzene rings is 1. The summed E-state index contributed by atoms with van der Waals surface area (Å²) in [7, 11) is -5.01. The standard InChI is InChI=1S/C18H19NO11S2/c1-8(20)26-14-15(27-9(2)21)17(29-11-4-5-12-13(6-11)31-7-19-12)30-18(32(23,24)25)16(14)28-10(3)22/h4-7,14-18H,1-3H3,(H,23,24,25)/t14-,15-,16+,17-,18?/m0/s1. The first-order valence-electron chi connectivity index (χ1n) is 9.09. The smallest absolute Gasteiger partial charge is 0.303 e. The predicted molar refractivity (Wildman–Crippen MR) is 107 cm³/mol. The van der Waals surface area contributed by atoms with Crippen LogP contribution in [0.5, 0.6) is 5.75 Å². The summed E-state index contributed by atoms with van der Waals surface area (Å²) in [5, 5.41) is 0. The molecule has 12 nitrogen and oxygen atoms in total. The van der Waals surface area contributed by atoms with Crippen LogP contribution in [-0.4, -0.2) is 65.9 Å². The Hall–Kier alpha value is -2.81. The Kier molecular flexibility index (Phi) is 6.97. The summed E-state index contributed by atoms with van der Waals surface area (Å²) in [6.45, 7) is 3.04. The van der Waals surface area contributed by atoms with E-state index >= 15 is 0 Å². The van der Waals surface area contributed by atoms with Gasteiger partial charge in [0.25, 0.3) is 10.1 Å². The van der Waals surface area contributed by atoms with Gasteiger partial charge in [0.1, 0.15) is 5.75 Å². The molecule has 32 heavy (non-hydrogen) atoms. The van der Waals surface area contributed by atoms with Gasteiger partial charge in [0, 0.05) is 20.8 Å². The van der Waals surface area contributed by atoms with Crippen molar-refractivity contribution in [2.75, 3.05) is 0 Å². The summed E-state index contributed by atoms with van der Waals surface area (Å²) in [6.07, 6.45) is -6.72. The van der Waals surface area contributed by atoms with Gasteiger partial charge in [-0.05, 0) is 18.2 Å². The van der Waals surface area contributed by atoms with Crippen LogP contribution in [0.2, 0.25) is 0 Å². The molecule has 3 rings (SSSR count). The molecule has 1 aliphatic rings. The van der Waals surface area contributed by atoms with E-state index in [0.29, 0.717) is 5.52 Å². The minimum Gasteiger partial charge on any atom is -0.461 e. The van der Waals surface area contributed by atoms with Crippen molar-refractivity contribution in [2.45, 2.75) is 50.8 Å². The van der Waals surface area contributed by atoms with E-state index in [-0.39, 0.29) is 5.75 Å². The van der Waals surface area contributed by atoms with E-state index in [4.69, 9.17) is 23.7 Å². The molecule has 0 amide bonds. The molecule has 14 heteroatoms. The number of carbonyl (C=O) groups is 3. The zero-order valence-electron chi connectivity index (χ0n) is 17.0. The van der Waals surface area contributed by atoms with E-state index in [0.717, 1.165) is 25.5 Å². The van der Waals surface area contributed by atoms with E-state index in [9.17, 15) is 27.4 Å². The monoisotopic (exact) mass is 489 g/mol. The van der Waals surface area contributed by atoms with Crippen LogP contribution in [0.1, 0.15) is 20.8 Å². The van der Waals surface area contributed by atoms with Crippen LogP contribution >= 0.6 is 11.3 Å². The maximum atomic E-state index is 12.0. The zero-order valence-corrected chi connectivity index (χ0v) is 18.6. The summed E-state index contributed by atoms with van der Waals surface area (Å²) >= 11 is 1.32. The van der Waals surface area contributed by atoms with E-state index in [1.807, 2.05) is 0 Å². The molecule has 0 bridgehead atoms. The molecule has 0 saturated carbocycles. The lowest BCUT2D eigenvalue weighted by Gasteiger charge is -2.42. The minimum atomic E-state index is -5.01. The molecule has 5 atom stereocenters. The van der Waals surface area contributed by atoms with Crippen LogP contribution in [0.3, 0.4) is 0 Å². The fourth-order valence-electron chi connectivity index (χ4n) is 3.12. The summed E-state index contributed by atoms with van der Waals surface area (Å²) in [5.41, 5.74) is 0.105. The van der Waals surface area contributed by atoms with Crippen molar-refractivity contribution in [3.8, 4) is 5.75 Å². The SMILES string of the molecule is CC(=O)O[C@@H]1[C@@H](Oc2ccc3ncsc3c2)OC(S(=O)(=O)O)[C@H](OC(C)=O)[C@H]1OC(C)=O. The first-order chi connectivity index (χ1) is 15.0. The molecule has 1 fully saturated rings. The van der Waals surface area contributed by atoms with Crippen molar-refractivity contribution in [3.05, 3.63) is 23.7 Å². The van der Waals surface area contributed by atoms with Gasteiger partial charge in [0.2, 0.25) is 17.8 Å². The lowest BCUT2D eigenvalue weighted by atomic mass is 10.0. The van der Waals surface area contributed by atoms with Gasteiger partial charge < -0.3 is 23.7 Å². The number of carbonyl (C=O) groups excluding carboxylic acids is 3. The van der Waals surface area contributed by atoms with Crippen LogP contribution < -0.4 is 4.74 Å². The zero-order chi connectivity index (χ0) is 23.6. The molecule has 2 aromatic rings. The number of thiazole rings is 1. The summed E-state index contributed by atoms with van der Waals surface area (Å²) in [5.74, 6) is -2.51. The predicted octanol–water partition coefficient (Wildman–Crippen LogP) is 1.04. The average Bonchev–Trinajstić information content (AvgIpc) is 3.12. The van der Waals surface area contributed by atoms with Crippen molar-refractivity contribution in [3.63, 3.8) is 0 Å². The number of hydrogen-bond donors (Lipinski definition) is 1. The van der Waals surface area contributed by atoms with Gasteiger partial charge in [-0.3, -0.25) is 18.9 Å². The van der Waals surface area contributed by atoms with Gasteiger partial charge in [0.05, 0.1) is 15.7 Å². The Morgan fingerprint density at radius 3 is 2.19 bits per heavy atom. The molecule has 1 aliphatic heterocycles. The highest BCUT2D eigenvalue weighted by Crippen LogP contribution is 2.33. The Morgan fingerprint density at radius 2 is 1.59 bits per heavy atom. The molecule has 0 spiro atoms. The van der Waals surface area contributed by atoms with Crippen LogP contribution in [0.25, 0.3) is 10.2 Å². The fraction of sp³-hybridized carbons (Fsp3) is 0.444. The molecule has 1 saturated heterocycles. The topological polar surface area (TPSA) is 165 Å². The van der Waals surface area contributed by atoms with Gasteiger partial charge in [-0.15, -0.1) is 11.3 Å². The molecule has 0 radical (unpaired) electrons. The van der Waals surface area contributed by atoms with E-state index in [1.54, 1.807) is 17.6 Å². The van der Waals surface area contributed by atoms with Crippen LogP contribution in [0.15, 0.2) is 23.7 Å².